The van der Waals surface area contributed by atoms with Crippen LogP contribution in [0.25, 0.3) is 0 Å². The van der Waals surface area contributed by atoms with Gasteiger partial charge in [-0.2, -0.15) is 11.8 Å². The van der Waals surface area contributed by atoms with Crippen LogP contribution < -0.4 is 9.80 Å². The number of amides is 1. The minimum absolute atomic E-state index is 0.241. The van der Waals surface area contributed by atoms with E-state index in [0.29, 0.717) is 4.75 Å². The molecule has 1 saturated heterocycles. The van der Waals surface area contributed by atoms with Crippen LogP contribution in [-0.4, -0.2) is 41.7 Å². The van der Waals surface area contributed by atoms with Crippen molar-refractivity contribution in [3.05, 3.63) is 23.8 Å². The maximum atomic E-state index is 11.8. The fourth-order valence-electron chi connectivity index (χ4n) is 2.96. The van der Waals surface area contributed by atoms with E-state index >= 15 is 0 Å². The van der Waals surface area contributed by atoms with Crippen LogP contribution >= 0.6 is 11.8 Å². The summed E-state index contributed by atoms with van der Waals surface area (Å²) in [5.74, 6) is 0.872. The van der Waals surface area contributed by atoms with Gasteiger partial charge in [-0.1, -0.05) is 19.9 Å². The molecule has 2 aliphatic heterocycles. The van der Waals surface area contributed by atoms with Gasteiger partial charge in [0.25, 0.3) is 5.91 Å². The second-order valence-corrected chi connectivity index (χ2v) is 8.19. The molecule has 1 unspecified atom stereocenters. The molecule has 0 aliphatic carbocycles. The van der Waals surface area contributed by atoms with Crippen molar-refractivity contribution in [1.82, 2.24) is 0 Å². The largest absolute Gasteiger partial charge is 0.378 e. The number of hydrogen-bond donors (Lipinski definition) is 1. The molecule has 1 aromatic carbocycles. The SMILES string of the molecule is CN1C(=O)C(O)c2ccc(N3CCSC(C)(C)CC3)cc21. The number of carbonyl (C=O) groups excluding carboxylic acids is 1. The maximum absolute atomic E-state index is 11.8. The summed E-state index contributed by atoms with van der Waals surface area (Å²) in [4.78, 5) is 15.8. The zero-order valence-corrected chi connectivity index (χ0v) is 13.6. The predicted octanol–water partition coefficient (Wildman–Crippen LogP) is 2.42. The van der Waals surface area contributed by atoms with E-state index < -0.39 is 6.10 Å². The number of anilines is 2. The van der Waals surface area contributed by atoms with Crippen molar-refractivity contribution in [3.8, 4) is 0 Å². The number of thioether (sulfide) groups is 1. The van der Waals surface area contributed by atoms with Crippen LogP contribution in [0.4, 0.5) is 11.4 Å². The Hall–Kier alpha value is -1.20. The van der Waals surface area contributed by atoms with E-state index in [0.717, 1.165) is 42.2 Å². The second-order valence-electron chi connectivity index (χ2n) is 6.39. The van der Waals surface area contributed by atoms with Crippen molar-refractivity contribution in [2.75, 3.05) is 35.7 Å². The van der Waals surface area contributed by atoms with Crippen LogP contribution in [0.3, 0.4) is 0 Å². The molecule has 0 spiro atoms. The minimum Gasteiger partial charge on any atom is -0.378 e. The van der Waals surface area contributed by atoms with E-state index in [-0.39, 0.29) is 5.91 Å². The Balaban J connectivity index is 1.87. The molecule has 4 nitrogen and oxygen atoms in total. The predicted molar refractivity (Wildman–Crippen MR) is 88.2 cm³/mol. The molecule has 114 valence electrons. The Bertz CT molecular complexity index is 573. The smallest absolute Gasteiger partial charge is 0.260 e. The molecule has 2 heterocycles. The number of likely N-dealkylation sites (N-methyl/N-ethyl adjacent to an activating group) is 1. The van der Waals surface area contributed by atoms with Gasteiger partial charge in [-0.05, 0) is 18.6 Å². The third-order valence-electron chi connectivity index (χ3n) is 4.44. The van der Waals surface area contributed by atoms with E-state index in [2.05, 4.69) is 18.7 Å². The van der Waals surface area contributed by atoms with Crippen LogP contribution in [0.2, 0.25) is 0 Å². The molecule has 0 saturated carbocycles. The highest BCUT2D eigenvalue weighted by atomic mass is 32.2. The first-order valence-electron chi connectivity index (χ1n) is 7.37. The lowest BCUT2D eigenvalue weighted by Crippen LogP contribution is -2.27. The molecule has 0 bridgehead atoms. The first-order chi connectivity index (χ1) is 9.89. The van der Waals surface area contributed by atoms with Crippen LogP contribution in [-0.2, 0) is 4.79 Å². The van der Waals surface area contributed by atoms with Gasteiger partial charge in [-0.15, -0.1) is 0 Å². The fourth-order valence-corrected chi connectivity index (χ4v) is 4.06. The molecular weight excluding hydrogens is 284 g/mol. The zero-order chi connectivity index (χ0) is 15.2. The zero-order valence-electron chi connectivity index (χ0n) is 12.8. The molecule has 1 aromatic rings. The van der Waals surface area contributed by atoms with Crippen LogP contribution in [0.15, 0.2) is 18.2 Å². The number of rotatable bonds is 1. The Morgan fingerprint density at radius 2 is 2.10 bits per heavy atom. The van der Waals surface area contributed by atoms with Gasteiger partial charge in [0.05, 0.1) is 5.69 Å². The second kappa shape index (κ2) is 5.21. The average molecular weight is 306 g/mol. The summed E-state index contributed by atoms with van der Waals surface area (Å²) in [5.41, 5.74) is 2.69. The van der Waals surface area contributed by atoms with Crippen molar-refractivity contribution in [1.29, 1.82) is 0 Å². The quantitative estimate of drug-likeness (QED) is 0.865. The molecule has 1 N–H and O–H groups in total. The van der Waals surface area contributed by atoms with Gasteiger partial charge >= 0.3 is 0 Å². The van der Waals surface area contributed by atoms with Crippen LogP contribution in [0.5, 0.6) is 0 Å². The summed E-state index contributed by atoms with van der Waals surface area (Å²) < 4.78 is 0.328. The molecule has 1 atom stereocenters. The lowest BCUT2D eigenvalue weighted by atomic mass is 10.1. The molecule has 21 heavy (non-hydrogen) atoms. The van der Waals surface area contributed by atoms with Crippen LogP contribution in [0, 0.1) is 0 Å². The topological polar surface area (TPSA) is 43.8 Å². The van der Waals surface area contributed by atoms with Gasteiger partial charge < -0.3 is 14.9 Å². The molecule has 2 aliphatic rings. The van der Waals surface area contributed by atoms with Crippen molar-refractivity contribution >= 4 is 29.0 Å². The highest BCUT2D eigenvalue weighted by Crippen LogP contribution is 2.38. The van der Waals surface area contributed by atoms with Gasteiger partial charge in [0.1, 0.15) is 0 Å². The normalized spacial score (nSPS) is 25.0. The number of aliphatic hydroxyl groups excluding tert-OH is 1. The standard InChI is InChI=1S/C16H22N2O2S/c1-16(2)6-7-18(8-9-21-16)11-4-5-12-13(10-11)17(3)15(20)14(12)19/h4-5,10,14,19H,6-9H2,1-3H3. The molecule has 1 fully saturated rings. The Kier molecular flexibility index (Phi) is 3.66. The van der Waals surface area contributed by atoms with E-state index in [9.17, 15) is 9.90 Å². The number of fused-ring (bicyclic) bond motifs is 1. The van der Waals surface area contributed by atoms with E-state index in [1.165, 1.54) is 0 Å². The summed E-state index contributed by atoms with van der Waals surface area (Å²) >= 11 is 2.02. The van der Waals surface area contributed by atoms with Gasteiger partial charge in [-0.25, -0.2) is 0 Å². The highest BCUT2D eigenvalue weighted by molar-refractivity contribution is 8.00. The van der Waals surface area contributed by atoms with E-state index in [4.69, 9.17) is 0 Å². The summed E-state index contributed by atoms with van der Waals surface area (Å²) in [6.07, 6.45) is 0.143. The summed E-state index contributed by atoms with van der Waals surface area (Å²) in [5, 5.41) is 9.93. The van der Waals surface area contributed by atoms with Crippen molar-refractivity contribution in [3.63, 3.8) is 0 Å². The minimum atomic E-state index is -1.00. The monoisotopic (exact) mass is 306 g/mol. The number of aliphatic hydroxyl groups is 1. The summed E-state index contributed by atoms with van der Waals surface area (Å²) in [6, 6.07) is 5.95. The molecule has 0 radical (unpaired) electrons. The number of nitrogens with zero attached hydrogens (tertiary/aromatic N) is 2. The number of hydrogen-bond acceptors (Lipinski definition) is 4. The third kappa shape index (κ3) is 2.64. The first-order valence-corrected chi connectivity index (χ1v) is 8.36. The van der Waals surface area contributed by atoms with Gasteiger partial charge in [0.15, 0.2) is 6.10 Å². The van der Waals surface area contributed by atoms with Crippen LogP contribution in [0.1, 0.15) is 31.9 Å². The van der Waals surface area contributed by atoms with Gasteiger partial charge in [0.2, 0.25) is 0 Å². The first kappa shape index (κ1) is 14.7. The maximum Gasteiger partial charge on any atom is 0.260 e. The Labute approximate surface area is 130 Å². The average Bonchev–Trinajstić information content (AvgIpc) is 2.60. The Morgan fingerprint density at radius 3 is 2.86 bits per heavy atom. The highest BCUT2D eigenvalue weighted by Gasteiger charge is 2.34. The van der Waals surface area contributed by atoms with Gasteiger partial charge in [-0.3, -0.25) is 4.79 Å². The molecule has 0 aromatic heterocycles. The number of benzene rings is 1. The number of carbonyl (C=O) groups is 1. The van der Waals surface area contributed by atoms with Crippen molar-refractivity contribution in [2.24, 2.45) is 0 Å². The lowest BCUT2D eigenvalue weighted by molar-refractivity contribution is -0.125. The molecule has 1 amide bonds. The van der Waals surface area contributed by atoms with Crippen molar-refractivity contribution < 1.29 is 9.90 Å². The molecular formula is C16H22N2O2S. The Morgan fingerprint density at radius 1 is 1.33 bits per heavy atom. The summed E-state index contributed by atoms with van der Waals surface area (Å²) in [7, 11) is 1.72. The van der Waals surface area contributed by atoms with Gasteiger partial charge in [0, 0.05) is 41.9 Å². The third-order valence-corrected chi connectivity index (χ3v) is 5.81. The fraction of sp³-hybridized carbons (Fsp3) is 0.562. The van der Waals surface area contributed by atoms with E-state index in [1.54, 1.807) is 11.9 Å². The van der Waals surface area contributed by atoms with Crippen molar-refractivity contribution in [2.45, 2.75) is 31.1 Å². The lowest BCUT2D eigenvalue weighted by Gasteiger charge is -2.25. The summed E-state index contributed by atoms with van der Waals surface area (Å²) in [6.45, 7) is 6.64. The molecule has 3 rings (SSSR count). The van der Waals surface area contributed by atoms with E-state index in [1.807, 2.05) is 30.0 Å². The molecule has 5 heteroatoms.